The van der Waals surface area contributed by atoms with Gasteiger partial charge in [0, 0.05) is 24.3 Å². The van der Waals surface area contributed by atoms with Crippen molar-refractivity contribution in [2.75, 3.05) is 30.0 Å². The number of hydrogen-bond acceptors (Lipinski definition) is 6. The molecule has 2 heterocycles. The zero-order chi connectivity index (χ0) is 21.8. The number of carbonyl (C=O) groups is 1. The van der Waals surface area contributed by atoms with Crippen molar-refractivity contribution >= 4 is 33.4 Å². The number of hydrogen-bond donors (Lipinski definition) is 2. The van der Waals surface area contributed by atoms with E-state index in [1.807, 2.05) is 30.3 Å². The number of thioether (sulfide) groups is 1. The molecular weight excluding hydrogens is 434 g/mol. The second kappa shape index (κ2) is 9.13. The first-order valence-electron chi connectivity index (χ1n) is 9.86. The summed E-state index contributed by atoms with van der Waals surface area (Å²) in [5.74, 6) is 5.79. The average molecular weight is 458 g/mol. The van der Waals surface area contributed by atoms with Crippen LogP contribution in [0.25, 0.3) is 11.3 Å². The third-order valence-corrected chi connectivity index (χ3v) is 7.78. The summed E-state index contributed by atoms with van der Waals surface area (Å²) in [4.78, 5) is 17.1. The fourth-order valence-corrected chi connectivity index (χ4v) is 5.63. The Morgan fingerprint density at radius 3 is 2.58 bits per heavy atom. The molecule has 1 aliphatic rings. The molecule has 0 unspecified atom stereocenters. The third-order valence-electron chi connectivity index (χ3n) is 4.92. The predicted octanol–water partition coefficient (Wildman–Crippen LogP) is 2.78. The number of imidazole rings is 1. The number of nitrogens with zero attached hydrogens (tertiary/aromatic N) is 3. The summed E-state index contributed by atoms with van der Waals surface area (Å²) in [5, 5.41) is 3.27. The van der Waals surface area contributed by atoms with Crippen molar-refractivity contribution in [3.63, 3.8) is 0 Å². The molecule has 1 fully saturated rings. The van der Waals surface area contributed by atoms with Crippen LogP contribution in [-0.2, 0) is 14.8 Å². The van der Waals surface area contributed by atoms with Crippen LogP contribution in [0.3, 0.4) is 0 Å². The maximum absolute atomic E-state index is 12.7. The molecule has 1 saturated heterocycles. The van der Waals surface area contributed by atoms with Gasteiger partial charge in [-0.2, -0.15) is 4.31 Å². The Morgan fingerprint density at radius 1 is 1.10 bits per heavy atom. The number of sulfonamides is 1. The van der Waals surface area contributed by atoms with Crippen molar-refractivity contribution in [2.45, 2.75) is 22.9 Å². The first-order chi connectivity index (χ1) is 14.9. The van der Waals surface area contributed by atoms with Crippen molar-refractivity contribution in [1.82, 2.24) is 14.0 Å². The highest BCUT2D eigenvalue weighted by Gasteiger charge is 2.27. The van der Waals surface area contributed by atoms with Crippen LogP contribution in [0.4, 0.5) is 5.69 Å². The number of amides is 1. The molecule has 31 heavy (non-hydrogen) atoms. The Hall–Kier alpha value is -2.82. The van der Waals surface area contributed by atoms with Gasteiger partial charge in [0.15, 0.2) is 5.16 Å². The lowest BCUT2D eigenvalue weighted by molar-refractivity contribution is -0.113. The molecule has 8 nitrogen and oxygen atoms in total. The van der Waals surface area contributed by atoms with Crippen LogP contribution in [-0.4, -0.2) is 47.1 Å². The minimum absolute atomic E-state index is 0.0888. The molecule has 10 heteroatoms. The molecule has 4 rings (SSSR count). The van der Waals surface area contributed by atoms with Crippen molar-refractivity contribution in [3.8, 4) is 11.3 Å². The van der Waals surface area contributed by atoms with Crippen LogP contribution in [0.2, 0.25) is 0 Å². The largest absolute Gasteiger partial charge is 0.337 e. The van der Waals surface area contributed by atoms with Crippen molar-refractivity contribution in [2.24, 2.45) is 0 Å². The van der Waals surface area contributed by atoms with E-state index in [1.165, 1.54) is 26.8 Å². The Bertz CT molecular complexity index is 1170. The van der Waals surface area contributed by atoms with Gasteiger partial charge in [-0.25, -0.2) is 18.1 Å². The van der Waals surface area contributed by atoms with Gasteiger partial charge in [0.25, 0.3) is 0 Å². The van der Waals surface area contributed by atoms with E-state index in [0.29, 0.717) is 23.9 Å². The lowest BCUT2D eigenvalue weighted by Gasteiger charge is -2.16. The zero-order valence-corrected chi connectivity index (χ0v) is 18.4. The number of nitrogens with two attached hydrogens (primary N) is 1. The quantitative estimate of drug-likeness (QED) is 0.417. The fraction of sp³-hybridized carbons (Fsp3) is 0.238. The monoisotopic (exact) mass is 457 g/mol. The van der Waals surface area contributed by atoms with Gasteiger partial charge in [-0.15, -0.1) is 0 Å². The van der Waals surface area contributed by atoms with E-state index in [9.17, 15) is 13.2 Å². The number of aromatic nitrogens is 2. The van der Waals surface area contributed by atoms with Crippen LogP contribution < -0.4 is 11.2 Å². The van der Waals surface area contributed by atoms with Gasteiger partial charge in [-0.3, -0.25) is 4.79 Å². The van der Waals surface area contributed by atoms with Gasteiger partial charge in [-0.1, -0.05) is 48.2 Å². The minimum atomic E-state index is -3.53. The summed E-state index contributed by atoms with van der Waals surface area (Å²) in [6.07, 6.45) is 3.45. The second-order valence-electron chi connectivity index (χ2n) is 7.16. The molecule has 1 aliphatic heterocycles. The Kier molecular flexibility index (Phi) is 6.30. The van der Waals surface area contributed by atoms with Crippen LogP contribution in [0, 0.1) is 0 Å². The molecular formula is C21H23N5O3S2. The van der Waals surface area contributed by atoms with Gasteiger partial charge >= 0.3 is 0 Å². The van der Waals surface area contributed by atoms with E-state index in [2.05, 4.69) is 10.3 Å². The van der Waals surface area contributed by atoms with Gasteiger partial charge < -0.3 is 11.2 Å². The number of anilines is 1. The summed E-state index contributed by atoms with van der Waals surface area (Å²) in [7, 11) is -3.53. The normalized spacial score (nSPS) is 14.6. The van der Waals surface area contributed by atoms with E-state index in [0.717, 1.165) is 24.1 Å². The molecule has 0 aliphatic carbocycles. The second-order valence-corrected chi connectivity index (χ2v) is 10.0. The number of nitrogens with one attached hydrogen (secondary N) is 1. The van der Waals surface area contributed by atoms with Crippen molar-refractivity contribution in [1.29, 1.82) is 0 Å². The number of rotatable bonds is 7. The summed E-state index contributed by atoms with van der Waals surface area (Å²) in [6.45, 7) is 1.07. The van der Waals surface area contributed by atoms with E-state index in [4.69, 9.17) is 5.84 Å². The minimum Gasteiger partial charge on any atom is -0.337 e. The summed E-state index contributed by atoms with van der Waals surface area (Å²) in [5.41, 5.74) is 2.10. The molecule has 0 bridgehead atoms. The third kappa shape index (κ3) is 4.92. The maximum atomic E-state index is 12.7. The highest BCUT2D eigenvalue weighted by atomic mass is 32.2. The molecule has 0 saturated carbocycles. The van der Waals surface area contributed by atoms with Crippen LogP contribution in [0.15, 0.2) is 70.8 Å². The average Bonchev–Trinajstić information content (AvgIpc) is 3.44. The van der Waals surface area contributed by atoms with E-state index >= 15 is 0 Å². The molecule has 3 aromatic rings. The van der Waals surface area contributed by atoms with E-state index in [-0.39, 0.29) is 16.6 Å². The van der Waals surface area contributed by atoms with Gasteiger partial charge in [0.05, 0.1) is 22.5 Å². The molecule has 3 N–H and O–H groups in total. The summed E-state index contributed by atoms with van der Waals surface area (Å²) < 4.78 is 28.3. The highest BCUT2D eigenvalue weighted by molar-refractivity contribution is 7.99. The lowest BCUT2D eigenvalue weighted by Crippen LogP contribution is -2.28. The first-order valence-corrected chi connectivity index (χ1v) is 12.3. The molecule has 0 radical (unpaired) electrons. The van der Waals surface area contributed by atoms with Crippen LogP contribution >= 0.6 is 11.8 Å². The summed E-state index contributed by atoms with van der Waals surface area (Å²) >= 11 is 1.21. The van der Waals surface area contributed by atoms with Gasteiger partial charge in [0.2, 0.25) is 15.9 Å². The SMILES string of the molecule is Nn1cc(-c2ccccc2)nc1SCC(=O)Nc1cccc(S(=O)(=O)N2CCCC2)c1. The van der Waals surface area contributed by atoms with E-state index < -0.39 is 10.0 Å². The number of carbonyl (C=O) groups excluding carboxylic acids is 1. The standard InChI is InChI=1S/C21H23N5O3S2/c22-26-14-19(16-7-2-1-3-8-16)24-21(26)30-15-20(27)23-17-9-6-10-18(13-17)31(28,29)25-11-4-5-12-25/h1-3,6-10,13-14H,4-5,11-12,15,22H2,(H,23,27). The predicted molar refractivity (Wildman–Crippen MR) is 122 cm³/mol. The molecule has 162 valence electrons. The molecule has 2 aromatic carbocycles. The molecule has 1 aromatic heterocycles. The molecule has 1 amide bonds. The van der Waals surface area contributed by atoms with Gasteiger partial charge in [0.1, 0.15) is 0 Å². The Morgan fingerprint density at radius 2 is 1.84 bits per heavy atom. The number of nitrogen functional groups attached to an aromatic ring is 1. The highest BCUT2D eigenvalue weighted by Crippen LogP contribution is 2.25. The maximum Gasteiger partial charge on any atom is 0.243 e. The Labute approximate surface area is 185 Å². The zero-order valence-electron chi connectivity index (χ0n) is 16.8. The molecule has 0 atom stereocenters. The van der Waals surface area contributed by atoms with Crippen LogP contribution in [0.1, 0.15) is 12.8 Å². The van der Waals surface area contributed by atoms with Gasteiger partial charge in [-0.05, 0) is 31.0 Å². The van der Waals surface area contributed by atoms with E-state index in [1.54, 1.807) is 24.4 Å². The van der Waals surface area contributed by atoms with Crippen molar-refractivity contribution < 1.29 is 13.2 Å². The van der Waals surface area contributed by atoms with Crippen LogP contribution in [0.5, 0.6) is 0 Å². The number of benzene rings is 2. The Balaban J connectivity index is 1.39. The molecule has 0 spiro atoms. The lowest BCUT2D eigenvalue weighted by atomic mass is 10.2. The fourth-order valence-electron chi connectivity index (χ4n) is 3.37. The first kappa shape index (κ1) is 21.4. The van der Waals surface area contributed by atoms with Crippen molar-refractivity contribution in [3.05, 3.63) is 60.8 Å². The summed E-state index contributed by atoms with van der Waals surface area (Å²) in [6, 6.07) is 16.0. The topological polar surface area (TPSA) is 110 Å². The smallest absolute Gasteiger partial charge is 0.243 e.